The van der Waals surface area contributed by atoms with Crippen molar-refractivity contribution in [3.8, 4) is 0 Å². The van der Waals surface area contributed by atoms with Crippen LogP contribution in [0.2, 0.25) is 0 Å². The molecule has 0 bridgehead atoms. The first-order valence-electron chi connectivity index (χ1n) is 6.50. The summed E-state index contributed by atoms with van der Waals surface area (Å²) in [6.07, 6.45) is 4.09. The molecule has 0 radical (unpaired) electrons. The van der Waals surface area contributed by atoms with E-state index in [1.807, 2.05) is 11.8 Å². The molecule has 1 aliphatic heterocycles. The fourth-order valence-electron chi connectivity index (χ4n) is 2.11. The van der Waals surface area contributed by atoms with Gasteiger partial charge in [-0.1, -0.05) is 6.92 Å². The second-order valence-electron chi connectivity index (χ2n) is 4.81. The molecule has 5 nitrogen and oxygen atoms in total. The molecule has 5 heteroatoms. The van der Waals surface area contributed by atoms with E-state index < -0.39 is 0 Å². The van der Waals surface area contributed by atoms with Crippen molar-refractivity contribution in [3.05, 3.63) is 0 Å². The molecule has 96 valence electrons. The minimum Gasteiger partial charge on any atom is -0.354 e. The molecule has 0 aromatic carbocycles. The summed E-state index contributed by atoms with van der Waals surface area (Å²) in [5, 5.41) is 6.75. The zero-order valence-corrected chi connectivity index (χ0v) is 10.7. The second kappa shape index (κ2) is 5.38. The number of carbonyl (C=O) groups is 1. The Hall–Kier alpha value is -1.26. The Bertz CT molecular complexity index is 312. The van der Waals surface area contributed by atoms with E-state index in [1.54, 1.807) is 7.05 Å². The molecular weight excluding hydrogens is 216 g/mol. The Labute approximate surface area is 103 Å². The number of hydrogen-bond donors (Lipinski definition) is 2. The number of guanidine groups is 1. The van der Waals surface area contributed by atoms with Crippen molar-refractivity contribution in [2.45, 2.75) is 44.7 Å². The van der Waals surface area contributed by atoms with Crippen molar-refractivity contribution >= 4 is 11.9 Å². The molecule has 1 amide bonds. The van der Waals surface area contributed by atoms with Gasteiger partial charge in [-0.3, -0.25) is 9.79 Å². The molecule has 1 saturated heterocycles. The topological polar surface area (TPSA) is 56.7 Å². The van der Waals surface area contributed by atoms with E-state index in [0.717, 1.165) is 25.5 Å². The predicted octanol–water partition coefficient (Wildman–Crippen LogP) is 0.325. The van der Waals surface area contributed by atoms with Gasteiger partial charge in [-0.05, 0) is 19.3 Å². The van der Waals surface area contributed by atoms with Crippen LogP contribution >= 0.6 is 0 Å². The average molecular weight is 238 g/mol. The summed E-state index contributed by atoms with van der Waals surface area (Å²) in [7, 11) is 1.79. The fraction of sp³-hybridized carbons (Fsp3) is 0.833. The Kier molecular flexibility index (Phi) is 3.86. The highest BCUT2D eigenvalue weighted by atomic mass is 16.2. The lowest BCUT2D eigenvalue weighted by Crippen LogP contribution is -2.45. The number of likely N-dealkylation sites (tertiary alicyclic amines) is 1. The number of hydrogen-bond acceptors (Lipinski definition) is 2. The Balaban J connectivity index is 1.77. The summed E-state index contributed by atoms with van der Waals surface area (Å²) in [6, 6.07) is 0.950. The van der Waals surface area contributed by atoms with Gasteiger partial charge in [0.1, 0.15) is 0 Å². The molecule has 0 spiro atoms. The van der Waals surface area contributed by atoms with Crippen LogP contribution in [0.5, 0.6) is 0 Å². The van der Waals surface area contributed by atoms with Crippen LogP contribution in [-0.2, 0) is 4.79 Å². The van der Waals surface area contributed by atoms with Gasteiger partial charge in [0.2, 0.25) is 5.91 Å². The summed E-state index contributed by atoms with van der Waals surface area (Å²) in [5.41, 5.74) is 0. The van der Waals surface area contributed by atoms with Crippen molar-refractivity contribution in [1.29, 1.82) is 0 Å². The van der Waals surface area contributed by atoms with Gasteiger partial charge >= 0.3 is 0 Å². The van der Waals surface area contributed by atoms with Crippen LogP contribution in [0.15, 0.2) is 4.99 Å². The van der Waals surface area contributed by atoms with E-state index in [0.29, 0.717) is 18.5 Å². The van der Waals surface area contributed by atoms with Crippen LogP contribution in [-0.4, -0.2) is 49.0 Å². The monoisotopic (exact) mass is 238 g/mol. The van der Waals surface area contributed by atoms with E-state index in [2.05, 4.69) is 15.6 Å². The van der Waals surface area contributed by atoms with Crippen LogP contribution in [0, 0.1) is 0 Å². The minimum atomic E-state index is 0.249. The first-order valence-corrected chi connectivity index (χ1v) is 6.50. The molecule has 1 aliphatic carbocycles. The third-order valence-corrected chi connectivity index (χ3v) is 3.33. The Morgan fingerprint density at radius 3 is 2.59 bits per heavy atom. The van der Waals surface area contributed by atoms with Gasteiger partial charge in [-0.25, -0.2) is 0 Å². The van der Waals surface area contributed by atoms with E-state index in [9.17, 15) is 4.79 Å². The minimum absolute atomic E-state index is 0.249. The van der Waals surface area contributed by atoms with Crippen LogP contribution in [0.1, 0.15) is 32.6 Å². The molecule has 17 heavy (non-hydrogen) atoms. The summed E-state index contributed by atoms with van der Waals surface area (Å²) in [5.74, 6) is 1.13. The molecule has 0 aromatic heterocycles. The fourth-order valence-corrected chi connectivity index (χ4v) is 2.11. The third-order valence-electron chi connectivity index (χ3n) is 3.33. The summed E-state index contributed by atoms with van der Waals surface area (Å²) in [6.45, 7) is 3.58. The second-order valence-corrected chi connectivity index (χ2v) is 4.81. The quantitative estimate of drug-likeness (QED) is 0.550. The lowest BCUT2D eigenvalue weighted by atomic mass is 10.3. The summed E-state index contributed by atoms with van der Waals surface area (Å²) in [4.78, 5) is 17.7. The third kappa shape index (κ3) is 3.35. The van der Waals surface area contributed by atoms with Gasteiger partial charge in [-0.2, -0.15) is 0 Å². The van der Waals surface area contributed by atoms with Gasteiger partial charge in [0, 0.05) is 38.6 Å². The van der Waals surface area contributed by atoms with E-state index in [-0.39, 0.29) is 5.91 Å². The lowest BCUT2D eigenvalue weighted by molar-refractivity contribution is -0.129. The van der Waals surface area contributed by atoms with Crippen LogP contribution in [0.4, 0.5) is 0 Å². The van der Waals surface area contributed by atoms with Gasteiger partial charge in [-0.15, -0.1) is 0 Å². The van der Waals surface area contributed by atoms with Crippen LogP contribution < -0.4 is 10.6 Å². The molecule has 2 rings (SSSR count). The molecular formula is C12H22N4O. The molecule has 2 N–H and O–H groups in total. The zero-order chi connectivity index (χ0) is 12.3. The first kappa shape index (κ1) is 12.2. The maximum absolute atomic E-state index is 11.6. The summed E-state index contributed by atoms with van der Waals surface area (Å²) < 4.78 is 0. The number of aliphatic imine (C=N–C) groups is 1. The van der Waals surface area contributed by atoms with Crippen LogP contribution in [0.3, 0.4) is 0 Å². The van der Waals surface area contributed by atoms with Gasteiger partial charge in [0.25, 0.3) is 0 Å². The molecule has 1 heterocycles. The Morgan fingerprint density at radius 2 is 2.00 bits per heavy atom. The maximum Gasteiger partial charge on any atom is 0.222 e. The highest BCUT2D eigenvalue weighted by molar-refractivity contribution is 5.81. The first-order chi connectivity index (χ1) is 8.22. The molecule has 0 aromatic rings. The highest BCUT2D eigenvalue weighted by Crippen LogP contribution is 2.18. The number of nitrogens with one attached hydrogen (secondary N) is 2. The van der Waals surface area contributed by atoms with Crippen molar-refractivity contribution < 1.29 is 4.79 Å². The SMILES string of the molecule is CCC(=O)N1CCC(NC(=NC)NC2CC2)C1. The van der Waals surface area contributed by atoms with Gasteiger partial charge in [0.15, 0.2) is 5.96 Å². The average Bonchev–Trinajstić information content (AvgIpc) is 3.04. The van der Waals surface area contributed by atoms with Gasteiger partial charge in [0.05, 0.1) is 0 Å². The highest BCUT2D eigenvalue weighted by Gasteiger charge is 2.27. The number of nitrogens with zero attached hydrogens (tertiary/aromatic N) is 2. The van der Waals surface area contributed by atoms with Crippen molar-refractivity contribution in [3.63, 3.8) is 0 Å². The van der Waals surface area contributed by atoms with E-state index in [1.165, 1.54) is 12.8 Å². The zero-order valence-electron chi connectivity index (χ0n) is 10.7. The largest absolute Gasteiger partial charge is 0.354 e. The normalized spacial score (nSPS) is 24.9. The number of carbonyl (C=O) groups excluding carboxylic acids is 1. The number of rotatable bonds is 3. The summed E-state index contributed by atoms with van der Waals surface area (Å²) >= 11 is 0. The Morgan fingerprint density at radius 1 is 1.29 bits per heavy atom. The molecule has 1 saturated carbocycles. The van der Waals surface area contributed by atoms with Crippen LogP contribution in [0.25, 0.3) is 0 Å². The maximum atomic E-state index is 11.6. The molecule has 1 unspecified atom stereocenters. The van der Waals surface area contributed by atoms with Crippen molar-refractivity contribution in [2.75, 3.05) is 20.1 Å². The smallest absolute Gasteiger partial charge is 0.222 e. The molecule has 1 atom stereocenters. The van der Waals surface area contributed by atoms with Crippen molar-refractivity contribution in [2.24, 2.45) is 4.99 Å². The lowest BCUT2D eigenvalue weighted by Gasteiger charge is -2.18. The number of amides is 1. The predicted molar refractivity (Wildman–Crippen MR) is 67.9 cm³/mol. The van der Waals surface area contributed by atoms with E-state index >= 15 is 0 Å². The molecule has 2 aliphatic rings. The van der Waals surface area contributed by atoms with Gasteiger partial charge < -0.3 is 15.5 Å². The molecule has 2 fully saturated rings. The van der Waals surface area contributed by atoms with E-state index in [4.69, 9.17) is 0 Å². The standard InChI is InChI=1S/C12H22N4O/c1-3-11(17)16-7-6-10(8-16)15-12(13-2)14-9-4-5-9/h9-10H,3-8H2,1-2H3,(H2,13,14,15). The van der Waals surface area contributed by atoms with Crippen molar-refractivity contribution in [1.82, 2.24) is 15.5 Å².